The maximum Gasteiger partial charge on any atom is 0.365 e. The number of oxime groups is 1. The molecule has 5 heteroatoms. The molecule has 0 amide bonds. The molecular weight excluding hydrogens is 276 g/mol. The molecule has 2 aliphatic heterocycles. The molecular formula is C15H17ClN2O2. The topological polar surface area (TPSA) is 41.9 Å². The molecule has 2 heterocycles. The summed E-state index contributed by atoms with van der Waals surface area (Å²) in [6.45, 7) is 0. The maximum atomic E-state index is 11.9. The Morgan fingerprint density at radius 3 is 2.45 bits per heavy atom. The Kier molecular flexibility index (Phi) is 3.76. The van der Waals surface area contributed by atoms with Crippen molar-refractivity contribution in [1.29, 1.82) is 0 Å². The lowest BCUT2D eigenvalue weighted by molar-refractivity contribution is 0.0510. The Balaban J connectivity index is 1.63. The van der Waals surface area contributed by atoms with Gasteiger partial charge in [0.2, 0.25) is 0 Å². The smallest absolute Gasteiger partial charge is 0.313 e. The van der Waals surface area contributed by atoms with E-state index in [-0.39, 0.29) is 0 Å². The van der Waals surface area contributed by atoms with Gasteiger partial charge in [-0.05, 0) is 44.2 Å². The molecule has 2 unspecified atom stereocenters. The summed E-state index contributed by atoms with van der Waals surface area (Å²) < 4.78 is 0. The van der Waals surface area contributed by atoms with Crippen LogP contribution in [0.1, 0.15) is 36.0 Å². The molecule has 0 aromatic heterocycles. The van der Waals surface area contributed by atoms with Crippen LogP contribution in [-0.4, -0.2) is 35.7 Å². The van der Waals surface area contributed by atoms with E-state index in [2.05, 4.69) is 17.1 Å². The average Bonchev–Trinajstić information content (AvgIpc) is 2.66. The van der Waals surface area contributed by atoms with E-state index in [1.807, 2.05) is 0 Å². The highest BCUT2D eigenvalue weighted by Crippen LogP contribution is 2.32. The van der Waals surface area contributed by atoms with Gasteiger partial charge in [0, 0.05) is 29.9 Å². The molecule has 106 valence electrons. The monoisotopic (exact) mass is 292 g/mol. The Bertz CT molecular complexity index is 525. The molecule has 2 saturated heterocycles. The fraction of sp³-hybridized carbons (Fsp3) is 0.467. The van der Waals surface area contributed by atoms with Crippen LogP contribution in [0.3, 0.4) is 0 Å². The first-order chi connectivity index (χ1) is 9.63. The summed E-state index contributed by atoms with van der Waals surface area (Å²) >= 11 is 5.78. The van der Waals surface area contributed by atoms with Crippen LogP contribution >= 0.6 is 11.6 Å². The number of carbonyl (C=O) groups is 1. The molecule has 3 rings (SSSR count). The van der Waals surface area contributed by atoms with E-state index in [1.165, 1.54) is 12.8 Å². The van der Waals surface area contributed by atoms with Crippen molar-refractivity contribution in [3.63, 3.8) is 0 Å². The molecule has 0 saturated carbocycles. The highest BCUT2D eigenvalue weighted by Gasteiger charge is 2.36. The van der Waals surface area contributed by atoms with Crippen molar-refractivity contribution in [2.24, 2.45) is 5.16 Å². The van der Waals surface area contributed by atoms with Crippen molar-refractivity contribution >= 4 is 23.3 Å². The van der Waals surface area contributed by atoms with Crippen LogP contribution in [-0.2, 0) is 4.84 Å². The zero-order chi connectivity index (χ0) is 14.1. The first kappa shape index (κ1) is 13.6. The lowest BCUT2D eigenvalue weighted by Gasteiger charge is -2.31. The number of nitrogens with zero attached hydrogens (tertiary/aromatic N) is 2. The number of hydrogen-bond donors (Lipinski definition) is 0. The van der Waals surface area contributed by atoms with E-state index in [0.717, 1.165) is 18.6 Å². The van der Waals surface area contributed by atoms with E-state index in [0.29, 0.717) is 22.7 Å². The van der Waals surface area contributed by atoms with Crippen LogP contribution < -0.4 is 0 Å². The summed E-state index contributed by atoms with van der Waals surface area (Å²) in [5.41, 5.74) is 1.47. The average molecular weight is 293 g/mol. The largest absolute Gasteiger partial charge is 0.365 e. The summed E-state index contributed by atoms with van der Waals surface area (Å²) in [7, 11) is 2.17. The van der Waals surface area contributed by atoms with Gasteiger partial charge >= 0.3 is 5.97 Å². The lowest BCUT2D eigenvalue weighted by atomic mass is 10.0. The molecule has 0 spiro atoms. The quantitative estimate of drug-likeness (QED) is 0.621. The molecule has 4 nitrogen and oxygen atoms in total. The van der Waals surface area contributed by atoms with Crippen molar-refractivity contribution in [1.82, 2.24) is 4.90 Å². The maximum absolute atomic E-state index is 11.9. The number of piperidine rings is 1. The molecule has 0 N–H and O–H groups in total. The Labute approximate surface area is 123 Å². The Hall–Kier alpha value is -1.39. The van der Waals surface area contributed by atoms with Gasteiger partial charge in [0.1, 0.15) is 0 Å². The van der Waals surface area contributed by atoms with E-state index in [4.69, 9.17) is 16.4 Å². The zero-order valence-corrected chi connectivity index (χ0v) is 12.1. The third kappa shape index (κ3) is 2.72. The van der Waals surface area contributed by atoms with Gasteiger partial charge in [0.05, 0.1) is 11.3 Å². The Morgan fingerprint density at radius 2 is 1.85 bits per heavy atom. The predicted octanol–water partition coefficient (Wildman–Crippen LogP) is 3.11. The summed E-state index contributed by atoms with van der Waals surface area (Å²) in [5, 5.41) is 4.66. The molecule has 0 radical (unpaired) electrons. The van der Waals surface area contributed by atoms with Crippen molar-refractivity contribution in [2.45, 2.75) is 37.8 Å². The SMILES string of the molecule is CN1C2CCC1CC(=NOC(=O)c1ccc(Cl)cc1)C2. The minimum Gasteiger partial charge on any atom is -0.313 e. The van der Waals surface area contributed by atoms with Gasteiger partial charge in [-0.25, -0.2) is 4.79 Å². The molecule has 2 aliphatic rings. The van der Waals surface area contributed by atoms with Crippen molar-refractivity contribution < 1.29 is 9.63 Å². The number of halogens is 1. The van der Waals surface area contributed by atoms with Gasteiger partial charge in [-0.1, -0.05) is 16.8 Å². The van der Waals surface area contributed by atoms with Crippen LogP contribution in [0.5, 0.6) is 0 Å². The van der Waals surface area contributed by atoms with Gasteiger partial charge < -0.3 is 4.84 Å². The summed E-state index contributed by atoms with van der Waals surface area (Å²) in [6, 6.07) is 7.73. The third-order valence-electron chi connectivity index (χ3n) is 4.27. The highest BCUT2D eigenvalue weighted by molar-refractivity contribution is 6.30. The molecule has 2 fully saturated rings. The van der Waals surface area contributed by atoms with Crippen LogP contribution in [0, 0.1) is 0 Å². The van der Waals surface area contributed by atoms with Crippen LogP contribution in [0.25, 0.3) is 0 Å². The van der Waals surface area contributed by atoms with E-state index >= 15 is 0 Å². The minimum absolute atomic E-state index is 0.430. The number of fused-ring (bicyclic) bond motifs is 2. The zero-order valence-electron chi connectivity index (χ0n) is 11.4. The fourth-order valence-electron chi connectivity index (χ4n) is 3.03. The first-order valence-corrected chi connectivity index (χ1v) is 7.26. The van der Waals surface area contributed by atoms with Crippen molar-refractivity contribution in [2.75, 3.05) is 7.05 Å². The normalized spacial score (nSPS) is 25.6. The van der Waals surface area contributed by atoms with Gasteiger partial charge in [-0.2, -0.15) is 0 Å². The van der Waals surface area contributed by atoms with Crippen molar-refractivity contribution in [3.05, 3.63) is 34.9 Å². The van der Waals surface area contributed by atoms with Crippen LogP contribution in [0.2, 0.25) is 5.02 Å². The fourth-order valence-corrected chi connectivity index (χ4v) is 3.15. The second-order valence-corrected chi connectivity index (χ2v) is 5.94. The van der Waals surface area contributed by atoms with Gasteiger partial charge in [-0.3, -0.25) is 4.90 Å². The molecule has 20 heavy (non-hydrogen) atoms. The summed E-state index contributed by atoms with van der Waals surface area (Å²) in [5.74, 6) is -0.430. The second-order valence-electron chi connectivity index (χ2n) is 5.50. The molecule has 0 aliphatic carbocycles. The summed E-state index contributed by atoms with van der Waals surface area (Å²) in [6.07, 6.45) is 4.23. The standard InChI is InChI=1S/C15H17ClN2O2/c1-18-13-6-7-14(18)9-12(8-13)17-20-15(19)10-2-4-11(16)5-3-10/h2-5,13-14H,6-9H2,1H3. The van der Waals surface area contributed by atoms with E-state index < -0.39 is 5.97 Å². The molecule has 2 atom stereocenters. The van der Waals surface area contributed by atoms with Gasteiger partial charge in [-0.15, -0.1) is 0 Å². The number of hydrogen-bond acceptors (Lipinski definition) is 4. The molecule has 1 aromatic carbocycles. The number of carbonyl (C=O) groups excluding carboxylic acids is 1. The van der Waals surface area contributed by atoms with E-state index in [9.17, 15) is 4.79 Å². The second kappa shape index (κ2) is 5.54. The van der Waals surface area contributed by atoms with Crippen molar-refractivity contribution in [3.8, 4) is 0 Å². The first-order valence-electron chi connectivity index (χ1n) is 6.88. The van der Waals surface area contributed by atoms with Crippen LogP contribution in [0.4, 0.5) is 0 Å². The van der Waals surface area contributed by atoms with Gasteiger partial charge in [0.15, 0.2) is 0 Å². The van der Waals surface area contributed by atoms with E-state index in [1.54, 1.807) is 24.3 Å². The van der Waals surface area contributed by atoms with Gasteiger partial charge in [0.25, 0.3) is 0 Å². The summed E-state index contributed by atoms with van der Waals surface area (Å²) in [4.78, 5) is 19.3. The third-order valence-corrected chi connectivity index (χ3v) is 4.52. The molecule has 2 bridgehead atoms. The minimum atomic E-state index is -0.430. The Morgan fingerprint density at radius 1 is 1.25 bits per heavy atom. The lowest BCUT2D eigenvalue weighted by Crippen LogP contribution is -2.40. The highest BCUT2D eigenvalue weighted by atomic mass is 35.5. The van der Waals surface area contributed by atoms with Crippen LogP contribution in [0.15, 0.2) is 29.4 Å². The number of benzene rings is 1. The molecule has 1 aromatic rings. The number of rotatable bonds is 2. The predicted molar refractivity (Wildman–Crippen MR) is 78.1 cm³/mol.